The molecule has 12 heteroatoms. The maximum atomic E-state index is 12.7. The normalized spacial score (nSPS) is 19.7. The Morgan fingerprint density at radius 2 is 2.13 bits per heavy atom. The smallest absolute Gasteiger partial charge is 0.276 e. The van der Waals surface area contributed by atoms with Crippen molar-refractivity contribution < 1.29 is 27.9 Å². The molecular weight excluding hydrogens is 428 g/mol. The molecule has 31 heavy (non-hydrogen) atoms. The number of amides is 2. The summed E-state index contributed by atoms with van der Waals surface area (Å²) < 4.78 is 31.7. The Kier molecular flexibility index (Phi) is 6.72. The molecule has 0 radical (unpaired) electrons. The van der Waals surface area contributed by atoms with Gasteiger partial charge in [-0.15, -0.1) is 0 Å². The number of rotatable bonds is 7. The Morgan fingerprint density at radius 1 is 1.42 bits per heavy atom. The molecule has 1 aromatic heterocycles. The first kappa shape index (κ1) is 23.2. The Labute approximate surface area is 180 Å². The zero-order valence-corrected chi connectivity index (χ0v) is 18.6. The van der Waals surface area contributed by atoms with Gasteiger partial charge in [-0.2, -0.15) is 0 Å². The van der Waals surface area contributed by atoms with Gasteiger partial charge >= 0.3 is 0 Å². The van der Waals surface area contributed by atoms with E-state index >= 15 is 0 Å². The molecule has 0 bridgehead atoms. The predicted molar refractivity (Wildman–Crippen MR) is 111 cm³/mol. The van der Waals surface area contributed by atoms with Gasteiger partial charge in [0.05, 0.1) is 19.4 Å². The minimum Gasteiger partial charge on any atom is -0.503 e. The number of ether oxygens (including phenoxy) is 1. The molecule has 1 unspecified atom stereocenters. The molecule has 0 saturated carbocycles. The molecule has 0 aromatic carbocycles. The monoisotopic (exact) mass is 456 g/mol. The van der Waals surface area contributed by atoms with Gasteiger partial charge in [0.1, 0.15) is 5.56 Å². The van der Waals surface area contributed by atoms with Crippen LogP contribution >= 0.6 is 0 Å². The molecular formula is C19H28N4O7S. The van der Waals surface area contributed by atoms with Crippen molar-refractivity contribution in [2.45, 2.75) is 45.5 Å². The van der Waals surface area contributed by atoms with Gasteiger partial charge in [-0.25, -0.2) is 12.7 Å². The maximum absolute atomic E-state index is 12.7. The lowest BCUT2D eigenvalue weighted by Crippen LogP contribution is -2.53. The lowest BCUT2D eigenvalue weighted by molar-refractivity contribution is -0.0920. The van der Waals surface area contributed by atoms with E-state index in [4.69, 9.17) is 4.74 Å². The molecule has 3 heterocycles. The number of nitrogens with one attached hydrogen (secondary N) is 1. The van der Waals surface area contributed by atoms with Gasteiger partial charge in [0, 0.05) is 31.9 Å². The van der Waals surface area contributed by atoms with Crippen LogP contribution in [0.25, 0.3) is 0 Å². The fourth-order valence-electron chi connectivity index (χ4n) is 3.83. The number of aromatic hydroxyl groups is 1. The van der Waals surface area contributed by atoms with Crippen molar-refractivity contribution >= 4 is 21.8 Å². The summed E-state index contributed by atoms with van der Waals surface area (Å²) in [5.41, 5.74) is -1.37. The Balaban J connectivity index is 1.77. The lowest BCUT2D eigenvalue weighted by atomic mass is 10.1. The average Bonchev–Trinajstić information content (AvgIpc) is 2.70. The summed E-state index contributed by atoms with van der Waals surface area (Å²) in [7, 11) is -3.34. The van der Waals surface area contributed by atoms with Crippen LogP contribution in [0.2, 0.25) is 0 Å². The number of fused-ring (bicyclic) bond motifs is 2. The number of hydrogen-bond donors (Lipinski definition) is 2. The van der Waals surface area contributed by atoms with Crippen molar-refractivity contribution in [1.29, 1.82) is 0 Å². The summed E-state index contributed by atoms with van der Waals surface area (Å²) in [6, 6.07) is -0.426. The van der Waals surface area contributed by atoms with Gasteiger partial charge in [-0.1, -0.05) is 6.92 Å². The van der Waals surface area contributed by atoms with Crippen LogP contribution in [0.4, 0.5) is 0 Å². The summed E-state index contributed by atoms with van der Waals surface area (Å²) in [5.74, 6) is -1.97. The Morgan fingerprint density at radius 3 is 2.77 bits per heavy atom. The van der Waals surface area contributed by atoms with Crippen LogP contribution in [-0.4, -0.2) is 83.9 Å². The van der Waals surface area contributed by atoms with Gasteiger partial charge in [0.25, 0.3) is 11.8 Å². The van der Waals surface area contributed by atoms with E-state index in [-0.39, 0.29) is 24.3 Å². The molecule has 1 fully saturated rings. The van der Waals surface area contributed by atoms with E-state index < -0.39 is 45.3 Å². The first-order chi connectivity index (χ1) is 14.5. The molecule has 2 atom stereocenters. The van der Waals surface area contributed by atoms with E-state index in [2.05, 4.69) is 5.32 Å². The topological polar surface area (TPSA) is 138 Å². The highest BCUT2D eigenvalue weighted by atomic mass is 32.2. The highest BCUT2D eigenvalue weighted by Gasteiger charge is 2.38. The number of nitrogens with zero attached hydrogens (tertiary/aromatic N) is 3. The number of aromatic nitrogens is 1. The molecule has 2 N–H and O–H groups in total. The van der Waals surface area contributed by atoms with Crippen molar-refractivity contribution in [2.75, 3.05) is 32.5 Å². The fourth-order valence-corrected chi connectivity index (χ4v) is 4.73. The molecule has 2 amide bonds. The molecule has 0 aliphatic carbocycles. The standard InChI is InChI=1S/C19H28N4O7S/c1-4-22(31(3,28)29)8-6-12(2)20-18(26)13-10-21-11-14-23(7-5-9-30-14)19(27)15(21)17(25)16(13)24/h10,12,14,25H,4-9,11H2,1-3H3,(H,20,26)/t12-,14?/m1/s1. The molecule has 1 aromatic rings. The average molecular weight is 457 g/mol. The van der Waals surface area contributed by atoms with Crippen LogP contribution in [0.1, 0.15) is 47.5 Å². The third kappa shape index (κ3) is 4.75. The SMILES string of the molecule is CCN(CC[C@@H](C)NC(=O)c1cn2c(c(O)c1=O)C(=O)N1CCCOC1C2)S(C)(=O)=O. The van der Waals surface area contributed by atoms with Gasteiger partial charge in [0.15, 0.2) is 17.7 Å². The lowest BCUT2D eigenvalue weighted by Gasteiger charge is -2.40. The largest absolute Gasteiger partial charge is 0.503 e. The Bertz CT molecular complexity index is 1040. The summed E-state index contributed by atoms with van der Waals surface area (Å²) in [6.45, 7) is 5.12. The van der Waals surface area contributed by atoms with E-state index in [0.717, 1.165) is 6.26 Å². The van der Waals surface area contributed by atoms with Crippen LogP contribution < -0.4 is 10.7 Å². The van der Waals surface area contributed by atoms with E-state index in [9.17, 15) is 27.9 Å². The zero-order chi connectivity index (χ0) is 22.9. The van der Waals surface area contributed by atoms with Crippen molar-refractivity contribution in [1.82, 2.24) is 19.1 Å². The van der Waals surface area contributed by atoms with Crippen molar-refractivity contribution in [3.05, 3.63) is 27.7 Å². The van der Waals surface area contributed by atoms with Crippen LogP contribution in [-0.2, 0) is 21.3 Å². The van der Waals surface area contributed by atoms with Crippen molar-refractivity contribution in [3.8, 4) is 5.75 Å². The number of pyridine rings is 1. The summed E-state index contributed by atoms with van der Waals surface area (Å²) in [6.07, 6.45) is 2.88. The first-order valence-electron chi connectivity index (χ1n) is 10.2. The second-order valence-electron chi connectivity index (χ2n) is 7.82. The second kappa shape index (κ2) is 8.97. The maximum Gasteiger partial charge on any atom is 0.276 e. The van der Waals surface area contributed by atoms with E-state index in [1.165, 1.54) is 20.0 Å². The zero-order valence-electron chi connectivity index (χ0n) is 17.8. The molecule has 2 aliphatic rings. The van der Waals surface area contributed by atoms with E-state index in [1.807, 2.05) is 0 Å². The first-order valence-corrected chi connectivity index (χ1v) is 12.0. The van der Waals surface area contributed by atoms with Gasteiger partial charge in [0.2, 0.25) is 15.5 Å². The third-order valence-corrected chi connectivity index (χ3v) is 6.91. The predicted octanol–water partition coefficient (Wildman–Crippen LogP) is -0.454. The third-order valence-electron chi connectivity index (χ3n) is 5.53. The summed E-state index contributed by atoms with van der Waals surface area (Å²) in [5, 5.41) is 13.0. The molecule has 2 aliphatic heterocycles. The van der Waals surface area contributed by atoms with Gasteiger partial charge in [-0.05, 0) is 19.8 Å². The number of carbonyl (C=O) groups excluding carboxylic acids is 2. The summed E-state index contributed by atoms with van der Waals surface area (Å²) in [4.78, 5) is 39.5. The molecule has 172 valence electrons. The highest BCUT2D eigenvalue weighted by Crippen LogP contribution is 2.26. The quantitative estimate of drug-likeness (QED) is 0.566. The number of carbonyl (C=O) groups is 2. The van der Waals surface area contributed by atoms with Crippen LogP contribution in [0.15, 0.2) is 11.0 Å². The Hall–Kier alpha value is -2.44. The van der Waals surface area contributed by atoms with Crippen molar-refractivity contribution in [2.24, 2.45) is 0 Å². The van der Waals surface area contributed by atoms with Crippen molar-refractivity contribution in [3.63, 3.8) is 0 Å². The van der Waals surface area contributed by atoms with Gasteiger partial charge < -0.3 is 24.6 Å². The van der Waals surface area contributed by atoms with Crippen LogP contribution in [0.3, 0.4) is 0 Å². The van der Waals surface area contributed by atoms with E-state index in [0.29, 0.717) is 32.5 Å². The van der Waals surface area contributed by atoms with E-state index in [1.54, 1.807) is 13.8 Å². The van der Waals surface area contributed by atoms with Crippen LogP contribution in [0.5, 0.6) is 5.75 Å². The minimum absolute atomic E-state index is 0.150. The molecule has 11 nitrogen and oxygen atoms in total. The number of hydrogen-bond acceptors (Lipinski definition) is 7. The fraction of sp³-hybridized carbons (Fsp3) is 0.632. The number of sulfonamides is 1. The van der Waals surface area contributed by atoms with Crippen LogP contribution in [0, 0.1) is 0 Å². The minimum atomic E-state index is -3.34. The summed E-state index contributed by atoms with van der Waals surface area (Å²) >= 11 is 0. The molecule has 1 saturated heterocycles. The molecule has 3 rings (SSSR count). The van der Waals surface area contributed by atoms with Gasteiger partial charge in [-0.3, -0.25) is 14.4 Å². The second-order valence-corrected chi connectivity index (χ2v) is 9.80. The molecule has 0 spiro atoms. The highest BCUT2D eigenvalue weighted by molar-refractivity contribution is 7.88.